The van der Waals surface area contributed by atoms with E-state index in [4.69, 9.17) is 9.84 Å². The van der Waals surface area contributed by atoms with Crippen LogP contribution < -0.4 is 10.6 Å². The van der Waals surface area contributed by atoms with Gasteiger partial charge in [-0.1, -0.05) is 25.1 Å². The van der Waals surface area contributed by atoms with Crippen molar-refractivity contribution in [2.75, 3.05) is 25.6 Å². The molecule has 0 aliphatic carbocycles. The van der Waals surface area contributed by atoms with E-state index in [2.05, 4.69) is 10.6 Å². The number of amides is 2. The van der Waals surface area contributed by atoms with E-state index in [1.54, 1.807) is 14.0 Å². The van der Waals surface area contributed by atoms with Gasteiger partial charge in [-0.3, -0.25) is 4.79 Å². The SMILES string of the molecule is COCCc1ccccc1NC(=O)NCC(C)CC(=O)O. The minimum absolute atomic E-state index is 0.0324. The van der Waals surface area contributed by atoms with E-state index in [-0.39, 0.29) is 18.4 Å². The topological polar surface area (TPSA) is 87.7 Å². The zero-order valence-corrected chi connectivity index (χ0v) is 12.4. The lowest BCUT2D eigenvalue weighted by Gasteiger charge is -2.13. The second-order valence-electron chi connectivity index (χ2n) is 4.94. The van der Waals surface area contributed by atoms with Crippen LogP contribution >= 0.6 is 0 Å². The molecular formula is C15H22N2O4. The van der Waals surface area contributed by atoms with Crippen molar-refractivity contribution in [2.45, 2.75) is 19.8 Å². The molecule has 2 amide bonds. The molecule has 6 nitrogen and oxygen atoms in total. The van der Waals surface area contributed by atoms with Gasteiger partial charge in [-0.2, -0.15) is 0 Å². The fourth-order valence-electron chi connectivity index (χ4n) is 1.88. The summed E-state index contributed by atoms with van der Waals surface area (Å²) >= 11 is 0. The lowest BCUT2D eigenvalue weighted by atomic mass is 10.1. The Labute approximate surface area is 124 Å². The molecule has 0 aliphatic heterocycles. The quantitative estimate of drug-likeness (QED) is 0.685. The van der Waals surface area contributed by atoms with Crippen LogP contribution in [0.3, 0.4) is 0 Å². The van der Waals surface area contributed by atoms with Gasteiger partial charge in [0.1, 0.15) is 0 Å². The highest BCUT2D eigenvalue weighted by Crippen LogP contribution is 2.15. The Balaban J connectivity index is 2.49. The normalized spacial score (nSPS) is 11.7. The smallest absolute Gasteiger partial charge is 0.319 e. The van der Waals surface area contributed by atoms with Crippen LogP contribution in [-0.2, 0) is 16.0 Å². The predicted molar refractivity (Wildman–Crippen MR) is 80.5 cm³/mol. The van der Waals surface area contributed by atoms with Gasteiger partial charge in [0.25, 0.3) is 0 Å². The van der Waals surface area contributed by atoms with Gasteiger partial charge in [0.05, 0.1) is 6.61 Å². The van der Waals surface area contributed by atoms with Gasteiger partial charge in [0.15, 0.2) is 0 Å². The molecule has 0 aromatic heterocycles. The first-order valence-corrected chi connectivity index (χ1v) is 6.86. The van der Waals surface area contributed by atoms with Crippen LogP contribution in [-0.4, -0.2) is 37.4 Å². The minimum atomic E-state index is -0.866. The average molecular weight is 294 g/mol. The number of anilines is 1. The summed E-state index contributed by atoms with van der Waals surface area (Å²) in [5, 5.41) is 14.1. The van der Waals surface area contributed by atoms with E-state index in [1.807, 2.05) is 24.3 Å². The Morgan fingerprint density at radius 3 is 2.71 bits per heavy atom. The summed E-state index contributed by atoms with van der Waals surface area (Å²) in [6, 6.07) is 7.17. The molecule has 116 valence electrons. The number of hydrogen-bond donors (Lipinski definition) is 3. The van der Waals surface area contributed by atoms with Crippen molar-refractivity contribution in [3.63, 3.8) is 0 Å². The van der Waals surface area contributed by atoms with Crippen LogP contribution in [0.4, 0.5) is 10.5 Å². The van der Waals surface area contributed by atoms with Crippen molar-refractivity contribution >= 4 is 17.7 Å². The second-order valence-corrected chi connectivity index (χ2v) is 4.94. The molecule has 21 heavy (non-hydrogen) atoms. The maximum atomic E-state index is 11.8. The van der Waals surface area contributed by atoms with Crippen LogP contribution in [0.2, 0.25) is 0 Å². The molecule has 0 saturated carbocycles. The van der Waals surface area contributed by atoms with E-state index in [1.165, 1.54) is 0 Å². The number of ether oxygens (including phenoxy) is 1. The third kappa shape index (κ3) is 6.76. The maximum absolute atomic E-state index is 11.8. The zero-order chi connectivity index (χ0) is 15.7. The van der Waals surface area contributed by atoms with E-state index in [9.17, 15) is 9.59 Å². The number of urea groups is 1. The molecule has 3 N–H and O–H groups in total. The summed E-state index contributed by atoms with van der Waals surface area (Å²) in [6.07, 6.45) is 0.743. The first kappa shape index (κ1) is 17.0. The molecule has 6 heteroatoms. The monoisotopic (exact) mass is 294 g/mol. The first-order chi connectivity index (χ1) is 10.0. The Hall–Kier alpha value is -2.08. The number of benzene rings is 1. The highest BCUT2D eigenvalue weighted by atomic mass is 16.5. The highest BCUT2D eigenvalue weighted by molar-refractivity contribution is 5.90. The molecule has 0 spiro atoms. The number of carbonyl (C=O) groups excluding carboxylic acids is 1. The lowest BCUT2D eigenvalue weighted by Crippen LogP contribution is -2.33. The number of methoxy groups -OCH3 is 1. The standard InChI is InChI=1S/C15H22N2O4/c1-11(9-14(18)19)10-16-15(20)17-13-6-4-3-5-12(13)7-8-21-2/h3-6,11H,7-10H2,1-2H3,(H,18,19)(H2,16,17,20). The largest absolute Gasteiger partial charge is 0.481 e. The molecule has 0 bridgehead atoms. The van der Waals surface area contributed by atoms with Crippen molar-refractivity contribution in [2.24, 2.45) is 5.92 Å². The zero-order valence-electron chi connectivity index (χ0n) is 12.4. The number of hydrogen-bond acceptors (Lipinski definition) is 3. The number of nitrogens with one attached hydrogen (secondary N) is 2. The van der Waals surface area contributed by atoms with E-state index in [0.717, 1.165) is 11.3 Å². The summed E-state index contributed by atoms with van der Waals surface area (Å²) in [5.41, 5.74) is 1.73. The van der Waals surface area contributed by atoms with Crippen LogP contribution in [0.5, 0.6) is 0 Å². The lowest BCUT2D eigenvalue weighted by molar-refractivity contribution is -0.137. The molecule has 0 fully saturated rings. The fourth-order valence-corrected chi connectivity index (χ4v) is 1.88. The molecule has 1 aromatic rings. The highest BCUT2D eigenvalue weighted by Gasteiger charge is 2.10. The van der Waals surface area contributed by atoms with Gasteiger partial charge in [0, 0.05) is 25.8 Å². The molecule has 1 unspecified atom stereocenters. The molecule has 0 radical (unpaired) electrons. The number of carbonyl (C=O) groups is 2. The average Bonchev–Trinajstić information content (AvgIpc) is 2.43. The van der Waals surface area contributed by atoms with Crippen molar-refractivity contribution in [1.82, 2.24) is 5.32 Å². The van der Waals surface area contributed by atoms with Gasteiger partial charge in [-0.15, -0.1) is 0 Å². The van der Waals surface area contributed by atoms with Gasteiger partial charge in [-0.25, -0.2) is 4.79 Å². The van der Waals surface area contributed by atoms with Crippen LogP contribution in [0.25, 0.3) is 0 Å². The third-order valence-electron chi connectivity index (χ3n) is 2.98. The Morgan fingerprint density at radius 2 is 2.05 bits per heavy atom. The summed E-state index contributed by atoms with van der Waals surface area (Å²) in [5.74, 6) is -0.980. The summed E-state index contributed by atoms with van der Waals surface area (Å²) in [6.45, 7) is 2.68. The number of rotatable bonds is 8. The molecule has 1 rings (SSSR count). The van der Waals surface area contributed by atoms with Gasteiger partial charge in [-0.05, 0) is 24.0 Å². The number of carboxylic acid groups (broad SMARTS) is 1. The van der Waals surface area contributed by atoms with Crippen LogP contribution in [0, 0.1) is 5.92 Å². The Morgan fingerprint density at radius 1 is 1.33 bits per heavy atom. The fraction of sp³-hybridized carbons (Fsp3) is 0.467. The van der Waals surface area contributed by atoms with E-state index in [0.29, 0.717) is 19.6 Å². The molecule has 1 atom stereocenters. The van der Waals surface area contributed by atoms with Crippen molar-refractivity contribution in [3.05, 3.63) is 29.8 Å². The number of aliphatic carboxylic acids is 1. The first-order valence-electron chi connectivity index (χ1n) is 6.86. The van der Waals surface area contributed by atoms with Gasteiger partial charge < -0.3 is 20.5 Å². The molecular weight excluding hydrogens is 272 g/mol. The van der Waals surface area contributed by atoms with Crippen molar-refractivity contribution in [1.29, 1.82) is 0 Å². The minimum Gasteiger partial charge on any atom is -0.481 e. The Bertz CT molecular complexity index is 476. The second kappa shape index (κ2) is 8.97. The van der Waals surface area contributed by atoms with Gasteiger partial charge in [0.2, 0.25) is 0 Å². The predicted octanol–water partition coefficient (Wildman–Crippen LogP) is 2.11. The molecule has 0 heterocycles. The Kier molecular flexibility index (Phi) is 7.25. The summed E-state index contributed by atoms with van der Waals surface area (Å²) in [4.78, 5) is 22.4. The van der Waals surface area contributed by atoms with Crippen LogP contribution in [0.1, 0.15) is 18.9 Å². The molecule has 0 saturated heterocycles. The van der Waals surface area contributed by atoms with Crippen molar-refractivity contribution in [3.8, 4) is 0 Å². The molecule has 0 aliphatic rings. The molecule has 1 aromatic carbocycles. The third-order valence-corrected chi connectivity index (χ3v) is 2.98. The number of carboxylic acids is 1. The maximum Gasteiger partial charge on any atom is 0.319 e. The van der Waals surface area contributed by atoms with Gasteiger partial charge >= 0.3 is 12.0 Å². The summed E-state index contributed by atoms with van der Waals surface area (Å²) in [7, 11) is 1.63. The van der Waals surface area contributed by atoms with Crippen molar-refractivity contribution < 1.29 is 19.4 Å². The van der Waals surface area contributed by atoms with Crippen LogP contribution in [0.15, 0.2) is 24.3 Å². The summed E-state index contributed by atoms with van der Waals surface area (Å²) < 4.78 is 5.04. The van der Waals surface area contributed by atoms with E-state index >= 15 is 0 Å². The number of para-hydroxylation sites is 1. The van der Waals surface area contributed by atoms with E-state index < -0.39 is 5.97 Å².